The number of hydrogen-bond donors (Lipinski definition) is 1. The van der Waals surface area contributed by atoms with Crippen LogP contribution in [0.4, 0.5) is 0 Å². The molecule has 28 heavy (non-hydrogen) atoms. The molecular weight excluding hydrogens is 362 g/mol. The van der Waals surface area contributed by atoms with Gasteiger partial charge in [-0.3, -0.25) is 14.4 Å². The SMILES string of the molecule is Cc1cccc(C(=O)NCC(=O)OCC(=O)c2ccc3c(c2)OCCCO3)c1. The Kier molecular flexibility index (Phi) is 6.26. The number of rotatable bonds is 6. The van der Waals surface area contributed by atoms with Gasteiger partial charge in [-0.25, -0.2) is 0 Å². The van der Waals surface area contributed by atoms with Crippen LogP contribution in [0.5, 0.6) is 11.5 Å². The van der Waals surface area contributed by atoms with Gasteiger partial charge in [-0.05, 0) is 37.3 Å². The predicted octanol–water partition coefficient (Wildman–Crippen LogP) is 2.31. The molecule has 0 aliphatic carbocycles. The number of carbonyl (C=O) groups excluding carboxylic acids is 3. The van der Waals surface area contributed by atoms with Gasteiger partial charge in [0.15, 0.2) is 23.9 Å². The summed E-state index contributed by atoms with van der Waals surface area (Å²) in [7, 11) is 0. The molecule has 2 aromatic rings. The lowest BCUT2D eigenvalue weighted by atomic mass is 10.1. The van der Waals surface area contributed by atoms with Crippen molar-refractivity contribution in [1.29, 1.82) is 0 Å². The van der Waals surface area contributed by atoms with E-state index in [1.54, 1.807) is 36.4 Å². The zero-order chi connectivity index (χ0) is 19.9. The maximum absolute atomic E-state index is 12.3. The normalized spacial score (nSPS) is 12.6. The van der Waals surface area contributed by atoms with Gasteiger partial charge in [0.25, 0.3) is 5.91 Å². The van der Waals surface area contributed by atoms with E-state index in [9.17, 15) is 14.4 Å². The Bertz CT molecular complexity index is 892. The van der Waals surface area contributed by atoms with E-state index in [2.05, 4.69) is 5.32 Å². The third kappa shape index (κ3) is 5.09. The molecule has 1 amide bonds. The van der Waals surface area contributed by atoms with Crippen LogP contribution in [0.15, 0.2) is 42.5 Å². The first-order valence-electron chi connectivity index (χ1n) is 8.96. The summed E-state index contributed by atoms with van der Waals surface area (Å²) in [5.74, 6) is -0.349. The third-order valence-corrected chi connectivity index (χ3v) is 4.11. The van der Waals surface area contributed by atoms with Crippen LogP contribution in [-0.2, 0) is 9.53 Å². The lowest BCUT2D eigenvalue weighted by Crippen LogP contribution is -2.31. The van der Waals surface area contributed by atoms with E-state index < -0.39 is 12.6 Å². The molecular formula is C21H21NO6. The summed E-state index contributed by atoms with van der Waals surface area (Å²) in [5.41, 5.74) is 1.76. The number of ketones is 1. The fourth-order valence-electron chi connectivity index (χ4n) is 2.66. The highest BCUT2D eigenvalue weighted by molar-refractivity contribution is 5.99. The zero-order valence-electron chi connectivity index (χ0n) is 15.5. The molecule has 1 heterocycles. The van der Waals surface area contributed by atoms with Crippen molar-refractivity contribution in [1.82, 2.24) is 5.32 Å². The summed E-state index contributed by atoms with van der Waals surface area (Å²) in [6, 6.07) is 11.8. The van der Waals surface area contributed by atoms with Gasteiger partial charge in [0.05, 0.1) is 13.2 Å². The number of Topliss-reactive ketones (excluding diaryl/α,β-unsaturated/α-hetero) is 1. The predicted molar refractivity (Wildman–Crippen MR) is 101 cm³/mol. The van der Waals surface area contributed by atoms with Gasteiger partial charge in [0, 0.05) is 17.5 Å². The molecule has 0 bridgehead atoms. The van der Waals surface area contributed by atoms with Crippen LogP contribution in [0, 0.1) is 6.92 Å². The Balaban J connectivity index is 1.48. The van der Waals surface area contributed by atoms with Crippen LogP contribution in [0.1, 0.15) is 32.7 Å². The number of esters is 1. The Labute approximate surface area is 162 Å². The largest absolute Gasteiger partial charge is 0.490 e. The summed E-state index contributed by atoms with van der Waals surface area (Å²) in [6.07, 6.45) is 0.768. The molecule has 7 nitrogen and oxygen atoms in total. The second-order valence-corrected chi connectivity index (χ2v) is 6.35. The molecule has 1 aliphatic rings. The fraction of sp³-hybridized carbons (Fsp3) is 0.286. The molecule has 1 aliphatic heterocycles. The first-order chi connectivity index (χ1) is 13.5. The number of fused-ring (bicyclic) bond motifs is 1. The van der Waals surface area contributed by atoms with E-state index in [1.807, 2.05) is 13.0 Å². The average Bonchev–Trinajstić information content (AvgIpc) is 2.95. The van der Waals surface area contributed by atoms with Gasteiger partial charge >= 0.3 is 5.97 Å². The van der Waals surface area contributed by atoms with E-state index in [0.717, 1.165) is 12.0 Å². The van der Waals surface area contributed by atoms with E-state index in [4.69, 9.17) is 14.2 Å². The first-order valence-corrected chi connectivity index (χ1v) is 8.96. The Morgan fingerprint density at radius 2 is 1.79 bits per heavy atom. The highest BCUT2D eigenvalue weighted by atomic mass is 16.5. The molecule has 0 fully saturated rings. The van der Waals surface area contributed by atoms with Crippen molar-refractivity contribution in [2.75, 3.05) is 26.4 Å². The number of aryl methyl sites for hydroxylation is 1. The summed E-state index contributed by atoms with van der Waals surface area (Å²) < 4.78 is 16.0. The molecule has 0 saturated carbocycles. The van der Waals surface area contributed by atoms with Gasteiger partial charge in [-0.15, -0.1) is 0 Å². The summed E-state index contributed by atoms with van der Waals surface area (Å²) >= 11 is 0. The van der Waals surface area contributed by atoms with Crippen molar-refractivity contribution < 1.29 is 28.6 Å². The minimum absolute atomic E-state index is 0.318. The van der Waals surface area contributed by atoms with E-state index in [-0.39, 0.29) is 18.2 Å². The number of carbonyl (C=O) groups is 3. The topological polar surface area (TPSA) is 90.9 Å². The molecule has 2 aromatic carbocycles. The maximum atomic E-state index is 12.3. The standard InChI is InChI=1S/C21H21NO6/c1-14-4-2-5-16(10-14)21(25)22-12-20(24)28-13-17(23)15-6-7-18-19(11-15)27-9-3-8-26-18/h2,4-7,10-11H,3,8-9,12-13H2,1H3,(H,22,25). The summed E-state index contributed by atoms with van der Waals surface area (Å²) in [6.45, 7) is 2.21. The lowest BCUT2D eigenvalue weighted by molar-refractivity contribution is -0.141. The van der Waals surface area contributed by atoms with Gasteiger partial charge < -0.3 is 19.5 Å². The average molecular weight is 383 g/mol. The van der Waals surface area contributed by atoms with Crippen molar-refractivity contribution in [3.8, 4) is 11.5 Å². The van der Waals surface area contributed by atoms with E-state index in [0.29, 0.717) is 35.8 Å². The number of benzene rings is 2. The molecule has 7 heteroatoms. The highest BCUT2D eigenvalue weighted by Gasteiger charge is 2.16. The maximum Gasteiger partial charge on any atom is 0.325 e. The number of hydrogen-bond acceptors (Lipinski definition) is 6. The highest BCUT2D eigenvalue weighted by Crippen LogP contribution is 2.30. The minimum atomic E-state index is -0.691. The van der Waals surface area contributed by atoms with Crippen molar-refractivity contribution in [2.45, 2.75) is 13.3 Å². The van der Waals surface area contributed by atoms with Gasteiger partial charge in [0.1, 0.15) is 6.54 Å². The molecule has 0 radical (unpaired) electrons. The molecule has 3 rings (SSSR count). The monoisotopic (exact) mass is 383 g/mol. The van der Waals surface area contributed by atoms with Crippen molar-refractivity contribution in [2.24, 2.45) is 0 Å². The van der Waals surface area contributed by atoms with Gasteiger partial charge in [-0.1, -0.05) is 17.7 Å². The second kappa shape index (κ2) is 9.03. The van der Waals surface area contributed by atoms with Crippen LogP contribution in [0.3, 0.4) is 0 Å². The smallest absolute Gasteiger partial charge is 0.325 e. The van der Waals surface area contributed by atoms with E-state index >= 15 is 0 Å². The van der Waals surface area contributed by atoms with Crippen LogP contribution in [-0.4, -0.2) is 44.0 Å². The third-order valence-electron chi connectivity index (χ3n) is 4.11. The van der Waals surface area contributed by atoms with Gasteiger partial charge in [-0.2, -0.15) is 0 Å². The van der Waals surface area contributed by atoms with Crippen LogP contribution >= 0.6 is 0 Å². The molecule has 0 spiro atoms. The van der Waals surface area contributed by atoms with Crippen LogP contribution in [0.25, 0.3) is 0 Å². The summed E-state index contributed by atoms with van der Waals surface area (Å²) in [4.78, 5) is 36.1. The van der Waals surface area contributed by atoms with Crippen molar-refractivity contribution >= 4 is 17.7 Å². The molecule has 0 saturated heterocycles. The molecule has 0 unspecified atom stereocenters. The first kappa shape index (κ1) is 19.4. The molecule has 146 valence electrons. The number of amides is 1. The lowest BCUT2D eigenvalue weighted by Gasteiger charge is -2.09. The Morgan fingerprint density at radius 1 is 1.00 bits per heavy atom. The van der Waals surface area contributed by atoms with E-state index in [1.165, 1.54) is 0 Å². The molecule has 0 aromatic heterocycles. The Morgan fingerprint density at radius 3 is 2.57 bits per heavy atom. The Hall–Kier alpha value is -3.35. The van der Waals surface area contributed by atoms with Crippen LogP contribution < -0.4 is 14.8 Å². The van der Waals surface area contributed by atoms with Crippen LogP contribution in [0.2, 0.25) is 0 Å². The zero-order valence-corrected chi connectivity index (χ0v) is 15.5. The second-order valence-electron chi connectivity index (χ2n) is 6.35. The number of ether oxygens (including phenoxy) is 3. The van der Waals surface area contributed by atoms with Crippen molar-refractivity contribution in [3.63, 3.8) is 0 Å². The minimum Gasteiger partial charge on any atom is -0.490 e. The molecule has 0 atom stereocenters. The van der Waals surface area contributed by atoms with Crippen molar-refractivity contribution in [3.05, 3.63) is 59.2 Å². The quantitative estimate of drug-likeness (QED) is 0.608. The summed E-state index contributed by atoms with van der Waals surface area (Å²) in [5, 5.41) is 2.48. The fourth-order valence-corrected chi connectivity index (χ4v) is 2.66. The van der Waals surface area contributed by atoms with Gasteiger partial charge in [0.2, 0.25) is 0 Å². The molecule has 1 N–H and O–H groups in total. The number of nitrogens with one attached hydrogen (secondary N) is 1.